The van der Waals surface area contributed by atoms with E-state index in [1.807, 2.05) is 26.1 Å². The Morgan fingerprint density at radius 2 is 2.07 bits per heavy atom. The van der Waals surface area contributed by atoms with E-state index < -0.39 is 0 Å². The van der Waals surface area contributed by atoms with E-state index in [4.69, 9.17) is 4.79 Å². The molecule has 2 aromatic rings. The first-order valence-corrected chi connectivity index (χ1v) is 4.12. The van der Waals surface area contributed by atoms with Crippen molar-refractivity contribution in [2.75, 3.05) is 0 Å². The lowest BCUT2D eigenvalue weighted by atomic mass is 10.3. The number of nitrogens with two attached hydrogens (primary N) is 1. The quantitative estimate of drug-likeness (QED) is 0.602. The van der Waals surface area contributed by atoms with Crippen molar-refractivity contribution in [2.45, 2.75) is 13.8 Å². The van der Waals surface area contributed by atoms with Crippen LogP contribution in [0.25, 0.3) is 11.0 Å². The average Bonchev–Trinajstić information content (AvgIpc) is 2.53. The fourth-order valence-electron chi connectivity index (χ4n) is 1.23. The van der Waals surface area contributed by atoms with Gasteiger partial charge in [0, 0.05) is 11.6 Å². The Bertz CT molecular complexity index is 435. The van der Waals surface area contributed by atoms with Gasteiger partial charge in [-0.1, -0.05) is 0 Å². The van der Waals surface area contributed by atoms with Gasteiger partial charge in [-0.15, -0.1) is 0 Å². The normalized spacial score (nSPS) is 9.29. The second-order valence-corrected chi connectivity index (χ2v) is 2.73. The highest BCUT2D eigenvalue weighted by molar-refractivity contribution is 5.77. The van der Waals surface area contributed by atoms with Crippen LogP contribution in [0.15, 0.2) is 12.3 Å². The van der Waals surface area contributed by atoms with E-state index in [0.717, 1.165) is 22.6 Å². The zero-order valence-electron chi connectivity index (χ0n) is 8.11. The maximum Gasteiger partial charge on any atom is 0.204 e. The van der Waals surface area contributed by atoms with Crippen molar-refractivity contribution in [3.8, 4) is 0 Å². The number of fused-ring (bicyclic) bond motifs is 1. The van der Waals surface area contributed by atoms with Gasteiger partial charge in [-0.25, -0.2) is 9.97 Å². The highest BCUT2D eigenvalue weighted by Crippen LogP contribution is 2.12. The summed E-state index contributed by atoms with van der Waals surface area (Å²) in [6, 6.07) is 1.99. The number of aryl methyl sites for hydroxylation is 2. The first-order chi connectivity index (χ1) is 6.69. The van der Waals surface area contributed by atoms with Crippen LogP contribution < -0.4 is 5.73 Å². The molecule has 0 saturated carbocycles. The van der Waals surface area contributed by atoms with E-state index in [1.54, 1.807) is 0 Å². The molecule has 0 radical (unpaired) electrons. The molecule has 0 fully saturated rings. The Kier molecular flexibility index (Phi) is 3.17. The van der Waals surface area contributed by atoms with Crippen molar-refractivity contribution in [1.29, 1.82) is 0 Å². The minimum absolute atomic E-state index is 0.250. The number of amides is 1. The number of hydrogen-bond donors (Lipinski definition) is 2. The topological polar surface area (TPSA) is 84.7 Å². The number of rotatable bonds is 0. The number of carbonyl (C=O) groups is 1. The van der Waals surface area contributed by atoms with Crippen LogP contribution in [0.5, 0.6) is 0 Å². The third-order valence-electron chi connectivity index (χ3n) is 1.72. The van der Waals surface area contributed by atoms with Gasteiger partial charge in [0.25, 0.3) is 0 Å². The molecule has 1 amide bonds. The SMILES string of the molecule is Cc1nc(C)c2cc[nH]c2n1.NC=O. The van der Waals surface area contributed by atoms with E-state index in [1.165, 1.54) is 0 Å². The Labute approximate surface area is 81.4 Å². The van der Waals surface area contributed by atoms with Crippen LogP contribution in [0.3, 0.4) is 0 Å². The first-order valence-electron chi connectivity index (χ1n) is 4.12. The third-order valence-corrected chi connectivity index (χ3v) is 1.72. The van der Waals surface area contributed by atoms with Gasteiger partial charge < -0.3 is 10.7 Å². The molecule has 0 atom stereocenters. The van der Waals surface area contributed by atoms with Crippen molar-refractivity contribution in [3.63, 3.8) is 0 Å². The van der Waals surface area contributed by atoms with E-state index in [0.29, 0.717) is 0 Å². The average molecular weight is 192 g/mol. The number of nitrogens with zero attached hydrogens (tertiary/aromatic N) is 2. The molecule has 0 aliphatic carbocycles. The smallest absolute Gasteiger partial charge is 0.204 e. The molecule has 2 aromatic heterocycles. The van der Waals surface area contributed by atoms with E-state index in [2.05, 4.69) is 20.7 Å². The molecule has 3 N–H and O–H groups in total. The largest absolute Gasteiger partial charge is 0.372 e. The minimum Gasteiger partial charge on any atom is -0.372 e. The molecule has 0 aliphatic rings. The van der Waals surface area contributed by atoms with Crippen molar-refractivity contribution < 1.29 is 4.79 Å². The fourth-order valence-corrected chi connectivity index (χ4v) is 1.23. The number of nitrogens with one attached hydrogen (secondary N) is 1. The number of H-pyrrole nitrogens is 1. The highest BCUT2D eigenvalue weighted by Gasteiger charge is 2.00. The van der Waals surface area contributed by atoms with Gasteiger partial charge >= 0.3 is 0 Å². The lowest BCUT2D eigenvalue weighted by Gasteiger charge is -1.95. The summed E-state index contributed by atoms with van der Waals surface area (Å²) >= 11 is 0. The van der Waals surface area contributed by atoms with Crippen molar-refractivity contribution in [1.82, 2.24) is 15.0 Å². The van der Waals surface area contributed by atoms with Gasteiger partial charge in [0.15, 0.2) is 0 Å². The molecule has 5 nitrogen and oxygen atoms in total. The summed E-state index contributed by atoms with van der Waals surface area (Å²) in [6.45, 7) is 3.89. The van der Waals surface area contributed by atoms with Crippen LogP contribution in [0.4, 0.5) is 0 Å². The summed E-state index contributed by atoms with van der Waals surface area (Å²) in [4.78, 5) is 20.1. The van der Waals surface area contributed by atoms with Gasteiger partial charge in [-0.05, 0) is 19.9 Å². The predicted octanol–water partition coefficient (Wildman–Crippen LogP) is 0.676. The lowest BCUT2D eigenvalue weighted by molar-refractivity contribution is -0.106. The van der Waals surface area contributed by atoms with E-state index in [-0.39, 0.29) is 6.41 Å². The minimum atomic E-state index is 0.250. The molecule has 0 spiro atoms. The molecule has 0 saturated heterocycles. The number of primary amides is 1. The van der Waals surface area contributed by atoms with E-state index >= 15 is 0 Å². The molecule has 0 aliphatic heterocycles. The molecular formula is C9H12N4O. The summed E-state index contributed by atoms with van der Waals surface area (Å²) in [5.41, 5.74) is 6.13. The molecule has 2 rings (SSSR count). The molecular weight excluding hydrogens is 180 g/mol. The monoisotopic (exact) mass is 192 g/mol. The summed E-state index contributed by atoms with van der Waals surface area (Å²) < 4.78 is 0. The fraction of sp³-hybridized carbons (Fsp3) is 0.222. The van der Waals surface area contributed by atoms with Gasteiger partial charge in [0.05, 0.1) is 5.69 Å². The van der Waals surface area contributed by atoms with Gasteiger partial charge in [-0.2, -0.15) is 0 Å². The molecule has 5 heteroatoms. The Hall–Kier alpha value is -1.91. The van der Waals surface area contributed by atoms with Crippen LogP contribution >= 0.6 is 0 Å². The standard InChI is InChI=1S/C8H9N3.CH3NO/c1-5-7-3-4-9-8(7)11-6(2)10-5;2-1-3/h3-4H,1-2H3,(H,9,10,11);1H,(H2,2,3). The van der Waals surface area contributed by atoms with Crippen LogP contribution in [0, 0.1) is 13.8 Å². The molecule has 0 aromatic carbocycles. The van der Waals surface area contributed by atoms with Crippen molar-refractivity contribution >= 4 is 17.4 Å². The van der Waals surface area contributed by atoms with Gasteiger partial charge in [0.2, 0.25) is 6.41 Å². The Morgan fingerprint density at radius 3 is 2.71 bits per heavy atom. The number of aromatic nitrogens is 3. The maximum atomic E-state index is 8.58. The first kappa shape index (κ1) is 10.2. The maximum absolute atomic E-state index is 8.58. The van der Waals surface area contributed by atoms with E-state index in [9.17, 15) is 0 Å². The van der Waals surface area contributed by atoms with Gasteiger partial charge in [-0.3, -0.25) is 4.79 Å². The van der Waals surface area contributed by atoms with Crippen molar-refractivity contribution in [2.24, 2.45) is 5.73 Å². The molecule has 14 heavy (non-hydrogen) atoms. The molecule has 0 bridgehead atoms. The zero-order valence-corrected chi connectivity index (χ0v) is 8.11. The predicted molar refractivity (Wildman–Crippen MR) is 53.6 cm³/mol. The van der Waals surface area contributed by atoms with Crippen molar-refractivity contribution in [3.05, 3.63) is 23.8 Å². The Balaban J connectivity index is 0.000000293. The Morgan fingerprint density at radius 1 is 1.43 bits per heavy atom. The van der Waals surface area contributed by atoms with Crippen LogP contribution in [0.1, 0.15) is 11.5 Å². The lowest BCUT2D eigenvalue weighted by Crippen LogP contribution is -1.90. The van der Waals surface area contributed by atoms with Crippen LogP contribution in [-0.4, -0.2) is 21.4 Å². The van der Waals surface area contributed by atoms with Gasteiger partial charge in [0.1, 0.15) is 11.5 Å². The third kappa shape index (κ3) is 2.07. The number of aromatic amines is 1. The molecule has 74 valence electrons. The number of hydrogen-bond acceptors (Lipinski definition) is 3. The van der Waals surface area contributed by atoms with Crippen LogP contribution in [0.2, 0.25) is 0 Å². The molecule has 0 unspecified atom stereocenters. The van der Waals surface area contributed by atoms with Crippen LogP contribution in [-0.2, 0) is 4.79 Å². The summed E-state index contributed by atoms with van der Waals surface area (Å²) in [7, 11) is 0. The second-order valence-electron chi connectivity index (χ2n) is 2.73. The summed E-state index contributed by atoms with van der Waals surface area (Å²) in [5, 5.41) is 1.11. The summed E-state index contributed by atoms with van der Waals surface area (Å²) in [5.74, 6) is 0.817. The number of carbonyl (C=O) groups excluding carboxylic acids is 1. The second kappa shape index (κ2) is 4.36. The summed E-state index contributed by atoms with van der Waals surface area (Å²) in [6.07, 6.45) is 2.13. The zero-order chi connectivity index (χ0) is 10.6. The molecule has 2 heterocycles. The highest BCUT2D eigenvalue weighted by atomic mass is 16.1.